The molecule has 2 aromatic rings. The van der Waals surface area contributed by atoms with E-state index in [1.54, 1.807) is 26.4 Å². The Kier molecular flexibility index (Phi) is 4.78. The van der Waals surface area contributed by atoms with E-state index < -0.39 is 11.7 Å². The van der Waals surface area contributed by atoms with E-state index in [-0.39, 0.29) is 23.4 Å². The van der Waals surface area contributed by atoms with Crippen LogP contribution >= 0.6 is 0 Å². The van der Waals surface area contributed by atoms with Crippen LogP contribution in [0, 0.1) is 5.82 Å². The van der Waals surface area contributed by atoms with Gasteiger partial charge < -0.3 is 15.7 Å². The summed E-state index contributed by atoms with van der Waals surface area (Å²) in [5.74, 6) is -1.12. The van der Waals surface area contributed by atoms with Crippen LogP contribution in [0.15, 0.2) is 30.0 Å². The maximum absolute atomic E-state index is 15.1. The minimum Gasteiger partial charge on any atom is -0.398 e. The second-order valence-electron chi connectivity index (χ2n) is 6.72. The van der Waals surface area contributed by atoms with Crippen LogP contribution in [0.3, 0.4) is 0 Å². The number of anilines is 1. The summed E-state index contributed by atoms with van der Waals surface area (Å²) in [5.41, 5.74) is 10.8. The zero-order valence-electron chi connectivity index (χ0n) is 15.1. The number of nitrogen functional groups attached to an aromatic ring is 1. The Morgan fingerprint density at radius 3 is 2.73 bits per heavy atom. The smallest absolute Gasteiger partial charge is 0.258 e. The Morgan fingerprint density at radius 2 is 2.08 bits per heavy atom. The average molecular weight is 355 g/mol. The highest BCUT2D eigenvalue weighted by atomic mass is 19.1. The lowest BCUT2D eigenvalue weighted by atomic mass is 9.97. The van der Waals surface area contributed by atoms with Crippen molar-refractivity contribution in [3.05, 3.63) is 52.6 Å². The average Bonchev–Trinajstić information content (AvgIpc) is 2.90. The number of nitrogens with two attached hydrogens (primary N) is 1. The molecule has 0 bridgehead atoms. The monoisotopic (exact) mass is 355 g/mol. The van der Waals surface area contributed by atoms with Crippen molar-refractivity contribution in [2.75, 3.05) is 26.4 Å². The van der Waals surface area contributed by atoms with Gasteiger partial charge in [-0.3, -0.25) is 9.78 Å². The van der Waals surface area contributed by atoms with Crippen LogP contribution in [0.5, 0.6) is 0 Å². The van der Waals surface area contributed by atoms with Crippen LogP contribution < -0.4 is 5.73 Å². The van der Waals surface area contributed by atoms with Gasteiger partial charge in [-0.2, -0.15) is 0 Å². The molecule has 1 heterocycles. The van der Waals surface area contributed by atoms with Gasteiger partial charge in [0, 0.05) is 55.7 Å². The predicted octanol–water partition coefficient (Wildman–Crippen LogP) is 2.88. The Morgan fingerprint density at radius 1 is 1.35 bits per heavy atom. The van der Waals surface area contributed by atoms with Gasteiger partial charge in [0.15, 0.2) is 0 Å². The standard InChI is InChI=1S/C20H22FN3O2/c1-11-8-17-15(13(11)6-7-25)9-12(10-23-17)14-4-5-16(22)18(19(14)21)20(26)24(2)3/h4-5,9-10,25H,6-8,22H2,1-3H3. The third-order valence-corrected chi connectivity index (χ3v) is 4.71. The van der Waals surface area contributed by atoms with Crippen LogP contribution in [0.4, 0.5) is 10.1 Å². The molecule has 3 rings (SSSR count). The summed E-state index contributed by atoms with van der Waals surface area (Å²) >= 11 is 0. The molecule has 0 radical (unpaired) electrons. The van der Waals surface area contributed by atoms with Crippen molar-refractivity contribution in [1.82, 2.24) is 9.88 Å². The maximum atomic E-state index is 15.1. The molecule has 136 valence electrons. The number of carbonyl (C=O) groups excluding carboxylic acids is 1. The number of aliphatic hydroxyl groups excluding tert-OH is 1. The quantitative estimate of drug-likeness (QED) is 0.827. The zero-order chi connectivity index (χ0) is 19.0. The van der Waals surface area contributed by atoms with E-state index in [0.29, 0.717) is 12.0 Å². The number of aliphatic hydroxyl groups is 1. The fourth-order valence-electron chi connectivity index (χ4n) is 3.35. The number of hydrogen-bond donors (Lipinski definition) is 2. The molecule has 3 N–H and O–H groups in total. The van der Waals surface area contributed by atoms with E-state index in [4.69, 9.17) is 5.73 Å². The molecule has 1 aliphatic carbocycles. The number of halogens is 1. The van der Waals surface area contributed by atoms with E-state index in [9.17, 15) is 9.90 Å². The van der Waals surface area contributed by atoms with Gasteiger partial charge in [-0.15, -0.1) is 0 Å². The van der Waals surface area contributed by atoms with E-state index in [1.807, 2.05) is 13.0 Å². The van der Waals surface area contributed by atoms with Gasteiger partial charge in [-0.05, 0) is 37.1 Å². The van der Waals surface area contributed by atoms with Gasteiger partial charge >= 0.3 is 0 Å². The van der Waals surface area contributed by atoms with Crippen LogP contribution in [0.1, 0.15) is 35.0 Å². The molecule has 0 unspecified atom stereocenters. The number of amides is 1. The summed E-state index contributed by atoms with van der Waals surface area (Å²) in [6.07, 6.45) is 2.89. The van der Waals surface area contributed by atoms with Gasteiger partial charge in [-0.25, -0.2) is 4.39 Å². The number of hydrogen-bond acceptors (Lipinski definition) is 4. The summed E-state index contributed by atoms with van der Waals surface area (Å²) in [4.78, 5) is 18.1. The van der Waals surface area contributed by atoms with Crippen molar-refractivity contribution in [1.29, 1.82) is 0 Å². The first-order chi connectivity index (χ1) is 12.3. The van der Waals surface area contributed by atoms with Crippen LogP contribution in [-0.2, 0) is 6.42 Å². The lowest BCUT2D eigenvalue weighted by Crippen LogP contribution is -2.24. The number of fused-ring (bicyclic) bond motifs is 1. The highest BCUT2D eigenvalue weighted by molar-refractivity contribution is 6.00. The van der Waals surface area contributed by atoms with Crippen LogP contribution in [-0.4, -0.2) is 41.6 Å². The lowest BCUT2D eigenvalue weighted by Gasteiger charge is -2.15. The molecule has 0 saturated heterocycles. The molecule has 6 heteroatoms. The van der Waals surface area contributed by atoms with Crippen LogP contribution in [0.25, 0.3) is 16.7 Å². The number of nitrogens with zero attached hydrogens (tertiary/aromatic N) is 2. The minimum atomic E-state index is -0.646. The molecule has 1 amide bonds. The number of allylic oxidation sites excluding steroid dienone is 1. The van der Waals surface area contributed by atoms with Gasteiger partial charge in [-0.1, -0.05) is 5.57 Å². The molecule has 1 aliphatic rings. The molecule has 0 fully saturated rings. The third-order valence-electron chi connectivity index (χ3n) is 4.71. The van der Waals surface area contributed by atoms with E-state index in [1.165, 1.54) is 16.5 Å². The molecule has 0 aliphatic heterocycles. The largest absolute Gasteiger partial charge is 0.398 e. The summed E-state index contributed by atoms with van der Waals surface area (Å²) in [6.45, 7) is 2.07. The molecule has 5 nitrogen and oxygen atoms in total. The number of carbonyl (C=O) groups is 1. The van der Waals surface area contributed by atoms with E-state index in [0.717, 1.165) is 23.3 Å². The van der Waals surface area contributed by atoms with Crippen molar-refractivity contribution < 1.29 is 14.3 Å². The van der Waals surface area contributed by atoms with Crippen molar-refractivity contribution >= 4 is 17.2 Å². The fraction of sp³-hybridized carbons (Fsp3) is 0.300. The normalized spacial score (nSPS) is 13.1. The fourth-order valence-corrected chi connectivity index (χ4v) is 3.35. The topological polar surface area (TPSA) is 79.5 Å². The molecule has 0 spiro atoms. The molecule has 1 aromatic heterocycles. The van der Waals surface area contributed by atoms with Gasteiger partial charge in [0.25, 0.3) is 5.91 Å². The molecule has 1 aromatic carbocycles. The summed E-state index contributed by atoms with van der Waals surface area (Å²) in [7, 11) is 3.11. The van der Waals surface area contributed by atoms with E-state index >= 15 is 4.39 Å². The first-order valence-electron chi connectivity index (χ1n) is 8.44. The van der Waals surface area contributed by atoms with E-state index in [2.05, 4.69) is 4.98 Å². The molecule has 26 heavy (non-hydrogen) atoms. The predicted molar refractivity (Wildman–Crippen MR) is 100 cm³/mol. The molecular weight excluding hydrogens is 333 g/mol. The van der Waals surface area contributed by atoms with Crippen molar-refractivity contribution in [2.45, 2.75) is 19.8 Å². The SMILES string of the molecule is CC1=C(CCO)c2cc(-c3ccc(N)c(C(=O)N(C)C)c3F)cnc2C1. The van der Waals surface area contributed by atoms with Crippen LogP contribution in [0.2, 0.25) is 0 Å². The van der Waals surface area contributed by atoms with Crippen molar-refractivity contribution in [2.24, 2.45) is 0 Å². The molecular formula is C20H22FN3O2. The second-order valence-corrected chi connectivity index (χ2v) is 6.72. The minimum absolute atomic E-state index is 0.0497. The number of rotatable bonds is 4. The first kappa shape index (κ1) is 18.1. The first-order valence-corrected chi connectivity index (χ1v) is 8.44. The Labute approximate surface area is 152 Å². The third kappa shape index (κ3) is 2.97. The molecule has 0 saturated carbocycles. The van der Waals surface area contributed by atoms with Gasteiger partial charge in [0.1, 0.15) is 5.82 Å². The number of aromatic nitrogens is 1. The van der Waals surface area contributed by atoms with Crippen molar-refractivity contribution in [3.63, 3.8) is 0 Å². The summed E-state index contributed by atoms with van der Waals surface area (Å²) < 4.78 is 15.1. The lowest BCUT2D eigenvalue weighted by molar-refractivity contribution is 0.0824. The van der Waals surface area contributed by atoms with Gasteiger partial charge in [0.2, 0.25) is 0 Å². The second kappa shape index (κ2) is 6.88. The molecule has 0 atom stereocenters. The zero-order valence-corrected chi connectivity index (χ0v) is 15.1. The number of pyridine rings is 1. The Balaban J connectivity index is 2.12. The Hall–Kier alpha value is -2.73. The Bertz CT molecular complexity index is 920. The summed E-state index contributed by atoms with van der Waals surface area (Å²) in [5, 5.41) is 9.31. The maximum Gasteiger partial charge on any atom is 0.258 e. The van der Waals surface area contributed by atoms with Crippen molar-refractivity contribution in [3.8, 4) is 11.1 Å². The number of benzene rings is 1. The highest BCUT2D eigenvalue weighted by Gasteiger charge is 2.24. The highest BCUT2D eigenvalue weighted by Crippen LogP contribution is 2.37. The summed E-state index contributed by atoms with van der Waals surface area (Å²) in [6, 6.07) is 4.98. The van der Waals surface area contributed by atoms with Gasteiger partial charge in [0.05, 0.1) is 11.3 Å².